The van der Waals surface area contributed by atoms with Crippen molar-refractivity contribution in [2.75, 3.05) is 0 Å². The zero-order valence-corrected chi connectivity index (χ0v) is 37.0. The SMILES string of the molecule is [CH3][Ge]([CH3])([CH3])[c]1cnc(-c2[c-]cccc2)cc1CC1CCCCC1.[Ir].[c-]1ccc2c(oc3cc(-c4ccccc4)ccc32)c1-c1cc(CC2CCCC2)ccn1. The number of aromatic nitrogens is 2. The van der Waals surface area contributed by atoms with Crippen LogP contribution in [0, 0.1) is 24.0 Å². The molecule has 0 bridgehead atoms. The first-order chi connectivity index (χ1) is 26.4. The van der Waals surface area contributed by atoms with Crippen LogP contribution in [0.4, 0.5) is 0 Å². The molecule has 0 aliphatic heterocycles. The van der Waals surface area contributed by atoms with Gasteiger partial charge in [-0.3, -0.25) is 0 Å². The second kappa shape index (κ2) is 18.0. The van der Waals surface area contributed by atoms with Crippen LogP contribution in [0.2, 0.25) is 17.3 Å². The first kappa shape index (κ1) is 39.4. The van der Waals surface area contributed by atoms with Crippen LogP contribution < -0.4 is 4.40 Å². The summed E-state index contributed by atoms with van der Waals surface area (Å²) < 4.78 is 8.00. The third-order valence-corrected chi connectivity index (χ3v) is 16.0. The Bertz CT molecular complexity index is 2320. The second-order valence-corrected chi connectivity index (χ2v) is 27.2. The molecule has 5 heteroatoms. The van der Waals surface area contributed by atoms with E-state index in [-0.39, 0.29) is 20.1 Å². The van der Waals surface area contributed by atoms with Gasteiger partial charge in [-0.05, 0) is 41.3 Å². The maximum absolute atomic E-state index is 6.40. The van der Waals surface area contributed by atoms with E-state index in [0.29, 0.717) is 0 Å². The van der Waals surface area contributed by atoms with Crippen LogP contribution in [0.3, 0.4) is 0 Å². The topological polar surface area (TPSA) is 38.9 Å². The Morgan fingerprint density at radius 3 is 2.15 bits per heavy atom. The molecule has 2 saturated carbocycles. The number of nitrogens with zero attached hydrogens (tertiary/aromatic N) is 2. The van der Waals surface area contributed by atoms with Gasteiger partial charge in [0.15, 0.2) is 0 Å². The molecule has 0 spiro atoms. The summed E-state index contributed by atoms with van der Waals surface area (Å²) in [4.78, 5) is 9.46. The van der Waals surface area contributed by atoms with E-state index in [2.05, 4.69) is 119 Å². The number of hydrogen-bond donors (Lipinski definition) is 0. The van der Waals surface area contributed by atoms with Crippen molar-refractivity contribution >= 4 is 39.6 Å². The number of benzene rings is 4. The number of furan rings is 1. The van der Waals surface area contributed by atoms with Crippen LogP contribution in [-0.4, -0.2) is 23.2 Å². The Balaban J connectivity index is 0.000000174. The van der Waals surface area contributed by atoms with Crippen LogP contribution in [0.5, 0.6) is 0 Å². The molecule has 0 atom stereocenters. The third-order valence-electron chi connectivity index (χ3n) is 11.6. The van der Waals surface area contributed by atoms with E-state index in [1.807, 2.05) is 30.5 Å². The van der Waals surface area contributed by atoms with Gasteiger partial charge in [0.2, 0.25) is 0 Å². The molecule has 4 aromatic carbocycles. The van der Waals surface area contributed by atoms with Gasteiger partial charge < -0.3 is 9.40 Å². The first-order valence-electron chi connectivity index (χ1n) is 20.2. The molecule has 7 aromatic rings. The van der Waals surface area contributed by atoms with Gasteiger partial charge in [0.05, 0.1) is 5.58 Å². The zero-order valence-electron chi connectivity index (χ0n) is 32.5. The van der Waals surface area contributed by atoms with E-state index in [1.54, 1.807) is 9.96 Å². The molecule has 0 N–H and O–H groups in total. The Labute approximate surface area is 344 Å². The fourth-order valence-corrected chi connectivity index (χ4v) is 12.1. The molecule has 283 valence electrons. The molecule has 2 aliphatic carbocycles. The van der Waals surface area contributed by atoms with Crippen molar-refractivity contribution in [3.63, 3.8) is 0 Å². The van der Waals surface area contributed by atoms with Gasteiger partial charge in [-0.2, -0.15) is 0 Å². The third kappa shape index (κ3) is 9.42. The van der Waals surface area contributed by atoms with Gasteiger partial charge in [0, 0.05) is 31.7 Å². The molecule has 0 amide bonds. The smallest absolute Gasteiger partial charge is 0.121 e. The maximum atomic E-state index is 6.40. The fraction of sp³-hybridized carbons (Fsp3) is 0.320. The minimum Gasteiger partial charge on any atom is -0.501 e. The summed E-state index contributed by atoms with van der Waals surface area (Å²) in [5.74, 6) is 9.14. The summed E-state index contributed by atoms with van der Waals surface area (Å²) in [7, 11) is 0. The minimum atomic E-state index is -1.89. The quantitative estimate of drug-likeness (QED) is 0.113. The van der Waals surface area contributed by atoms with E-state index in [9.17, 15) is 0 Å². The van der Waals surface area contributed by atoms with Crippen molar-refractivity contribution < 1.29 is 24.5 Å². The second-order valence-electron chi connectivity index (χ2n) is 16.6. The Morgan fingerprint density at radius 1 is 0.655 bits per heavy atom. The molecule has 2 fully saturated rings. The molecule has 3 nitrogen and oxygen atoms in total. The molecule has 2 aliphatic rings. The first-order valence-corrected chi connectivity index (χ1v) is 27.6. The van der Waals surface area contributed by atoms with Gasteiger partial charge in [-0.25, -0.2) is 0 Å². The maximum Gasteiger partial charge on any atom is 0.121 e. The van der Waals surface area contributed by atoms with Crippen molar-refractivity contribution in [1.29, 1.82) is 0 Å². The van der Waals surface area contributed by atoms with Crippen LogP contribution in [0.25, 0.3) is 55.6 Å². The molecule has 3 heterocycles. The van der Waals surface area contributed by atoms with Gasteiger partial charge in [0.25, 0.3) is 0 Å². The van der Waals surface area contributed by atoms with Crippen molar-refractivity contribution in [1.82, 2.24) is 9.97 Å². The molecule has 0 unspecified atom stereocenters. The Hall–Kier alpha value is -3.83. The predicted octanol–water partition coefficient (Wildman–Crippen LogP) is 13.1. The van der Waals surface area contributed by atoms with Crippen molar-refractivity contribution in [3.05, 3.63) is 139 Å². The number of hydrogen-bond acceptors (Lipinski definition) is 3. The molecular formula is C50H52GeIrN2O-2. The predicted molar refractivity (Wildman–Crippen MR) is 229 cm³/mol. The van der Waals surface area contributed by atoms with Gasteiger partial charge >= 0.3 is 144 Å². The molecular weight excluding hydrogens is 909 g/mol. The Kier molecular flexibility index (Phi) is 12.9. The summed E-state index contributed by atoms with van der Waals surface area (Å²) in [6.45, 7) is 0. The molecule has 9 rings (SSSR count). The summed E-state index contributed by atoms with van der Waals surface area (Å²) in [6, 6.07) is 42.6. The van der Waals surface area contributed by atoms with E-state index >= 15 is 0 Å². The zero-order chi connectivity index (χ0) is 36.9. The standard InChI is InChI=1S/C29H24NO.C21H28GeN.Ir/c1-2-9-22(10-3-1)23-13-14-24-25-11-6-12-26(29(25)31-28(24)19-23)27-18-21(15-16-30-27)17-20-7-4-5-8-20;1-22(2,3)20-16-23-21(18-12-8-5-9-13-18)15-19(20)14-17-10-6-4-7-11-17;/h1-3,6,9-11,13-16,18-20H,4-5,7-8,17H2;5,8-9,12,15-17H,4,6-7,10-11,14H2,1-3H3;/q2*-1;. The normalized spacial score (nSPS) is 15.1. The summed E-state index contributed by atoms with van der Waals surface area (Å²) in [6.07, 6.45) is 19.1. The van der Waals surface area contributed by atoms with Crippen molar-refractivity contribution in [2.24, 2.45) is 11.8 Å². The average Bonchev–Trinajstić information content (AvgIpc) is 3.86. The minimum absolute atomic E-state index is 0. The number of fused-ring (bicyclic) bond motifs is 3. The average molecular weight is 962 g/mol. The number of rotatable bonds is 8. The van der Waals surface area contributed by atoms with Crippen molar-refractivity contribution in [3.8, 4) is 33.6 Å². The van der Waals surface area contributed by atoms with E-state index < -0.39 is 13.3 Å². The van der Waals surface area contributed by atoms with Crippen LogP contribution in [-0.2, 0) is 32.9 Å². The molecule has 0 saturated heterocycles. The summed E-state index contributed by atoms with van der Waals surface area (Å²) >= 11 is -1.89. The molecule has 3 aromatic heterocycles. The van der Waals surface area contributed by atoms with Crippen LogP contribution in [0.1, 0.15) is 68.9 Å². The molecule has 55 heavy (non-hydrogen) atoms. The largest absolute Gasteiger partial charge is 0.501 e. The van der Waals surface area contributed by atoms with E-state index in [0.717, 1.165) is 68.3 Å². The molecule has 1 radical (unpaired) electrons. The number of pyridine rings is 2. The summed E-state index contributed by atoms with van der Waals surface area (Å²) in [5, 5.41) is 2.25. The Morgan fingerprint density at radius 2 is 1.40 bits per heavy atom. The van der Waals surface area contributed by atoms with E-state index in [1.165, 1.54) is 75.3 Å². The van der Waals surface area contributed by atoms with E-state index in [4.69, 9.17) is 9.40 Å². The van der Waals surface area contributed by atoms with Crippen molar-refractivity contribution in [2.45, 2.75) is 87.9 Å². The van der Waals surface area contributed by atoms with Gasteiger partial charge in [0.1, 0.15) is 5.58 Å². The fourth-order valence-electron chi connectivity index (χ4n) is 8.77. The summed E-state index contributed by atoms with van der Waals surface area (Å²) in [5.41, 5.74) is 11.2. The van der Waals surface area contributed by atoms with Crippen LogP contribution in [0.15, 0.2) is 120 Å². The monoisotopic (exact) mass is 963 g/mol. The van der Waals surface area contributed by atoms with Gasteiger partial charge in [-0.15, -0.1) is 18.2 Å². The van der Waals surface area contributed by atoms with Gasteiger partial charge in [-0.1, -0.05) is 90.7 Å². The van der Waals surface area contributed by atoms with Crippen LogP contribution >= 0.6 is 0 Å².